The highest BCUT2D eigenvalue weighted by Gasteiger charge is 2.24. The van der Waals surface area contributed by atoms with E-state index in [1.165, 1.54) is 0 Å². The van der Waals surface area contributed by atoms with Crippen molar-refractivity contribution in [2.45, 2.75) is 26.8 Å². The maximum absolute atomic E-state index is 12.1. The topological polar surface area (TPSA) is 47.6 Å². The summed E-state index contributed by atoms with van der Waals surface area (Å²) in [7, 11) is 1.64. The lowest BCUT2D eigenvalue weighted by Gasteiger charge is -2.21. The highest BCUT2D eigenvalue weighted by molar-refractivity contribution is 5.78. The van der Waals surface area contributed by atoms with Crippen LogP contribution in [-0.4, -0.2) is 32.8 Å². The van der Waals surface area contributed by atoms with Gasteiger partial charge in [0.2, 0.25) is 0 Å². The van der Waals surface area contributed by atoms with E-state index in [1.54, 1.807) is 7.11 Å². The van der Waals surface area contributed by atoms with E-state index < -0.39 is 6.04 Å². The van der Waals surface area contributed by atoms with Crippen LogP contribution < -0.4 is 5.32 Å². The minimum Gasteiger partial charge on any atom is -0.465 e. The molecular formula is C15H23NO3. The van der Waals surface area contributed by atoms with Gasteiger partial charge in [-0.1, -0.05) is 18.2 Å². The van der Waals surface area contributed by atoms with Gasteiger partial charge in [0.25, 0.3) is 0 Å². The molecule has 0 amide bonds. The summed E-state index contributed by atoms with van der Waals surface area (Å²) in [5.41, 5.74) is 3.17. The van der Waals surface area contributed by atoms with E-state index in [0.717, 1.165) is 16.7 Å². The Labute approximate surface area is 115 Å². The lowest BCUT2D eigenvalue weighted by Crippen LogP contribution is -2.33. The molecule has 0 radical (unpaired) electrons. The number of carbonyl (C=O) groups excluding carboxylic acids is 1. The van der Waals surface area contributed by atoms with Gasteiger partial charge in [-0.2, -0.15) is 0 Å². The van der Waals surface area contributed by atoms with Crippen molar-refractivity contribution in [3.05, 3.63) is 34.9 Å². The molecule has 0 aliphatic carbocycles. The average Bonchev–Trinajstić information content (AvgIpc) is 2.37. The molecule has 0 saturated heterocycles. The van der Waals surface area contributed by atoms with Gasteiger partial charge in [0.15, 0.2) is 0 Å². The van der Waals surface area contributed by atoms with E-state index in [1.807, 2.05) is 39.0 Å². The standard InChI is InChI=1S/C15H23NO3/c1-5-19-15(17)14(16-9-10-18-4)13-11(2)7-6-8-12(13)3/h6-8,14,16H,5,9-10H2,1-4H3. The molecule has 0 saturated carbocycles. The van der Waals surface area contributed by atoms with Crippen LogP contribution in [0.4, 0.5) is 0 Å². The first-order valence-electron chi connectivity index (χ1n) is 6.56. The summed E-state index contributed by atoms with van der Waals surface area (Å²) in [6.07, 6.45) is 0. The highest BCUT2D eigenvalue weighted by Crippen LogP contribution is 2.23. The summed E-state index contributed by atoms with van der Waals surface area (Å²) in [6.45, 7) is 7.37. The number of carbonyl (C=O) groups is 1. The quantitative estimate of drug-likeness (QED) is 0.606. The third-order valence-electron chi connectivity index (χ3n) is 3.01. The van der Waals surface area contributed by atoms with Gasteiger partial charge in [-0.05, 0) is 37.5 Å². The van der Waals surface area contributed by atoms with Crippen LogP contribution >= 0.6 is 0 Å². The molecule has 19 heavy (non-hydrogen) atoms. The molecule has 0 bridgehead atoms. The fraction of sp³-hybridized carbons (Fsp3) is 0.533. The Bertz CT molecular complexity index is 398. The molecule has 4 heteroatoms. The van der Waals surface area contributed by atoms with Crippen molar-refractivity contribution >= 4 is 5.97 Å². The summed E-state index contributed by atoms with van der Waals surface area (Å²) < 4.78 is 10.2. The molecule has 0 aliphatic rings. The van der Waals surface area contributed by atoms with Crippen molar-refractivity contribution < 1.29 is 14.3 Å². The van der Waals surface area contributed by atoms with Crippen LogP contribution in [0.2, 0.25) is 0 Å². The number of nitrogens with one attached hydrogen (secondary N) is 1. The van der Waals surface area contributed by atoms with Crippen LogP contribution in [-0.2, 0) is 14.3 Å². The van der Waals surface area contributed by atoms with Crippen molar-refractivity contribution in [1.82, 2.24) is 5.32 Å². The molecule has 0 spiro atoms. The van der Waals surface area contributed by atoms with E-state index in [0.29, 0.717) is 19.8 Å². The van der Waals surface area contributed by atoms with E-state index in [2.05, 4.69) is 5.32 Å². The molecule has 0 fully saturated rings. The van der Waals surface area contributed by atoms with E-state index in [-0.39, 0.29) is 5.97 Å². The second kappa shape index (κ2) is 7.92. The van der Waals surface area contributed by atoms with Gasteiger partial charge >= 0.3 is 5.97 Å². The van der Waals surface area contributed by atoms with Crippen LogP contribution in [0.15, 0.2) is 18.2 Å². The van der Waals surface area contributed by atoms with Gasteiger partial charge in [-0.25, -0.2) is 4.79 Å². The lowest BCUT2D eigenvalue weighted by atomic mass is 9.96. The average molecular weight is 265 g/mol. The predicted molar refractivity (Wildman–Crippen MR) is 75.2 cm³/mol. The van der Waals surface area contributed by atoms with Gasteiger partial charge < -0.3 is 9.47 Å². The minimum atomic E-state index is -0.434. The Hall–Kier alpha value is -1.39. The van der Waals surface area contributed by atoms with Crippen LogP contribution in [0.3, 0.4) is 0 Å². The van der Waals surface area contributed by atoms with Crippen LogP contribution in [0.25, 0.3) is 0 Å². The van der Waals surface area contributed by atoms with Gasteiger partial charge in [0, 0.05) is 13.7 Å². The van der Waals surface area contributed by atoms with Crippen LogP contribution in [0, 0.1) is 13.8 Å². The molecule has 1 rings (SSSR count). The van der Waals surface area contributed by atoms with Crippen molar-refractivity contribution in [3.8, 4) is 0 Å². The zero-order valence-electron chi connectivity index (χ0n) is 12.2. The normalized spacial score (nSPS) is 12.2. The Morgan fingerprint density at radius 2 is 1.95 bits per heavy atom. The van der Waals surface area contributed by atoms with Gasteiger partial charge in [-0.3, -0.25) is 5.32 Å². The van der Waals surface area contributed by atoms with Gasteiger partial charge in [0.05, 0.1) is 13.2 Å². The fourth-order valence-electron chi connectivity index (χ4n) is 2.12. The maximum atomic E-state index is 12.1. The van der Waals surface area contributed by atoms with Crippen molar-refractivity contribution in [3.63, 3.8) is 0 Å². The summed E-state index contributed by atoms with van der Waals surface area (Å²) in [5, 5.41) is 3.20. The SMILES string of the molecule is CCOC(=O)C(NCCOC)c1c(C)cccc1C. The Kier molecular flexibility index (Phi) is 6.53. The summed E-state index contributed by atoms with van der Waals surface area (Å²) in [6, 6.07) is 5.57. The Balaban J connectivity index is 2.97. The van der Waals surface area contributed by atoms with Gasteiger partial charge in [0.1, 0.15) is 6.04 Å². The van der Waals surface area contributed by atoms with E-state index >= 15 is 0 Å². The second-order valence-electron chi connectivity index (χ2n) is 4.44. The lowest BCUT2D eigenvalue weighted by molar-refractivity contribution is -0.145. The van der Waals surface area contributed by atoms with E-state index in [9.17, 15) is 4.79 Å². The molecule has 0 aromatic heterocycles. The van der Waals surface area contributed by atoms with E-state index in [4.69, 9.17) is 9.47 Å². The number of ether oxygens (including phenoxy) is 2. The maximum Gasteiger partial charge on any atom is 0.327 e. The number of rotatable bonds is 7. The monoisotopic (exact) mass is 265 g/mol. The zero-order chi connectivity index (χ0) is 14.3. The molecule has 1 atom stereocenters. The van der Waals surface area contributed by atoms with Gasteiger partial charge in [-0.15, -0.1) is 0 Å². The van der Waals surface area contributed by atoms with Crippen molar-refractivity contribution in [1.29, 1.82) is 0 Å². The first kappa shape index (κ1) is 15.7. The predicted octanol–water partition coefficient (Wildman–Crippen LogP) is 2.14. The molecule has 4 nitrogen and oxygen atoms in total. The first-order valence-corrected chi connectivity index (χ1v) is 6.56. The molecule has 1 N–H and O–H groups in total. The minimum absolute atomic E-state index is 0.240. The molecule has 0 aliphatic heterocycles. The van der Waals surface area contributed by atoms with Crippen molar-refractivity contribution in [2.75, 3.05) is 26.9 Å². The number of aryl methyl sites for hydroxylation is 2. The van der Waals surface area contributed by atoms with Crippen molar-refractivity contribution in [2.24, 2.45) is 0 Å². The summed E-state index contributed by atoms with van der Waals surface area (Å²) in [5.74, 6) is -0.240. The molecule has 1 unspecified atom stereocenters. The number of esters is 1. The number of hydrogen-bond donors (Lipinski definition) is 1. The molecule has 1 aromatic rings. The van der Waals surface area contributed by atoms with Crippen LogP contribution in [0.5, 0.6) is 0 Å². The number of methoxy groups -OCH3 is 1. The summed E-state index contributed by atoms with van der Waals surface area (Å²) >= 11 is 0. The Morgan fingerprint density at radius 1 is 1.32 bits per heavy atom. The summed E-state index contributed by atoms with van der Waals surface area (Å²) in [4.78, 5) is 12.1. The number of hydrogen-bond acceptors (Lipinski definition) is 4. The zero-order valence-corrected chi connectivity index (χ0v) is 12.2. The first-order chi connectivity index (χ1) is 9.11. The molecule has 1 aromatic carbocycles. The third kappa shape index (κ3) is 4.33. The Morgan fingerprint density at radius 3 is 2.47 bits per heavy atom. The fourth-order valence-corrected chi connectivity index (χ4v) is 2.12. The second-order valence-corrected chi connectivity index (χ2v) is 4.44. The molecule has 0 heterocycles. The third-order valence-corrected chi connectivity index (χ3v) is 3.01. The van der Waals surface area contributed by atoms with Crippen LogP contribution in [0.1, 0.15) is 29.7 Å². The number of benzene rings is 1. The largest absolute Gasteiger partial charge is 0.465 e. The molecule has 106 valence electrons. The highest BCUT2D eigenvalue weighted by atomic mass is 16.5. The smallest absolute Gasteiger partial charge is 0.327 e. The molecular weight excluding hydrogens is 242 g/mol.